The minimum Gasteiger partial charge on any atom is -0.507 e. The molecule has 0 saturated carbocycles. The van der Waals surface area contributed by atoms with Gasteiger partial charge < -0.3 is 19.9 Å². The molecule has 0 bridgehead atoms. The number of carbonyl (C=O) groups excluding carboxylic acids is 2. The number of hydrazone groups is 1. The van der Waals surface area contributed by atoms with Crippen molar-refractivity contribution >= 4 is 28.8 Å². The van der Waals surface area contributed by atoms with Crippen molar-refractivity contribution in [3.05, 3.63) is 65.7 Å². The van der Waals surface area contributed by atoms with Crippen LogP contribution < -0.4 is 20.2 Å². The SMILES string of the molecule is COc1ccc(CCNC(=O)CC(=O)N/N=C/c2c(O)ccc3ccccc23)cc1OC. The minimum absolute atomic E-state index is 0.0506. The van der Waals surface area contributed by atoms with E-state index in [0.29, 0.717) is 30.0 Å². The van der Waals surface area contributed by atoms with Crippen LogP contribution in [0.15, 0.2) is 59.7 Å². The zero-order chi connectivity index (χ0) is 22.9. The Balaban J connectivity index is 1.47. The number of ether oxygens (including phenoxy) is 2. The standard InChI is InChI=1S/C24H25N3O5/c1-31-21-10-7-16(13-22(21)32-2)11-12-25-23(29)14-24(30)27-26-15-19-18-6-4-3-5-17(18)8-9-20(19)28/h3-10,13,15,28H,11-12,14H2,1-2H3,(H,25,29)(H,27,30)/b26-15+. The molecule has 0 unspecified atom stereocenters. The molecule has 0 fully saturated rings. The van der Waals surface area contributed by atoms with Crippen molar-refractivity contribution in [2.45, 2.75) is 12.8 Å². The van der Waals surface area contributed by atoms with Crippen molar-refractivity contribution in [3.8, 4) is 17.2 Å². The van der Waals surface area contributed by atoms with E-state index < -0.39 is 11.8 Å². The molecule has 0 spiro atoms. The van der Waals surface area contributed by atoms with Gasteiger partial charge in [0.25, 0.3) is 0 Å². The van der Waals surface area contributed by atoms with Crippen molar-refractivity contribution < 1.29 is 24.2 Å². The third-order valence-electron chi connectivity index (χ3n) is 4.84. The van der Waals surface area contributed by atoms with Gasteiger partial charge in [-0.25, -0.2) is 5.43 Å². The summed E-state index contributed by atoms with van der Waals surface area (Å²) in [6, 6.07) is 16.4. The van der Waals surface area contributed by atoms with Gasteiger partial charge in [0.15, 0.2) is 11.5 Å². The van der Waals surface area contributed by atoms with Crippen LogP contribution in [0.5, 0.6) is 17.2 Å². The van der Waals surface area contributed by atoms with Crippen molar-refractivity contribution in [3.63, 3.8) is 0 Å². The van der Waals surface area contributed by atoms with E-state index in [-0.39, 0.29) is 12.2 Å². The smallest absolute Gasteiger partial charge is 0.249 e. The Kier molecular flexibility index (Phi) is 7.64. The molecule has 3 N–H and O–H groups in total. The number of hydrogen-bond acceptors (Lipinski definition) is 6. The van der Waals surface area contributed by atoms with Crippen LogP contribution in [0.3, 0.4) is 0 Å². The van der Waals surface area contributed by atoms with Crippen LogP contribution >= 0.6 is 0 Å². The molecule has 8 heteroatoms. The lowest BCUT2D eigenvalue weighted by Gasteiger charge is -2.10. The largest absolute Gasteiger partial charge is 0.507 e. The highest BCUT2D eigenvalue weighted by atomic mass is 16.5. The number of aromatic hydroxyl groups is 1. The van der Waals surface area contributed by atoms with E-state index in [1.807, 2.05) is 36.4 Å². The second kappa shape index (κ2) is 10.8. The van der Waals surface area contributed by atoms with E-state index in [1.165, 1.54) is 6.21 Å². The molecule has 2 amide bonds. The van der Waals surface area contributed by atoms with Gasteiger partial charge in [-0.1, -0.05) is 36.4 Å². The molecule has 0 aliphatic rings. The number of nitrogens with one attached hydrogen (secondary N) is 2. The molecule has 0 aliphatic carbocycles. The molecular weight excluding hydrogens is 410 g/mol. The van der Waals surface area contributed by atoms with Gasteiger partial charge in [-0.05, 0) is 41.0 Å². The third-order valence-corrected chi connectivity index (χ3v) is 4.84. The molecule has 3 aromatic carbocycles. The minimum atomic E-state index is -0.551. The number of methoxy groups -OCH3 is 2. The lowest BCUT2D eigenvalue weighted by Crippen LogP contribution is -2.31. The molecule has 3 rings (SSSR count). The van der Waals surface area contributed by atoms with Crippen LogP contribution in [-0.4, -0.2) is 43.9 Å². The average molecular weight is 435 g/mol. The molecule has 0 aliphatic heterocycles. The molecular formula is C24H25N3O5. The maximum Gasteiger partial charge on any atom is 0.249 e. The van der Waals surface area contributed by atoms with Crippen molar-refractivity contribution in [2.24, 2.45) is 5.10 Å². The van der Waals surface area contributed by atoms with Gasteiger partial charge in [-0.3, -0.25) is 9.59 Å². The van der Waals surface area contributed by atoms with E-state index in [9.17, 15) is 14.7 Å². The zero-order valence-corrected chi connectivity index (χ0v) is 17.9. The Morgan fingerprint density at radius 1 is 1.00 bits per heavy atom. The quantitative estimate of drug-likeness (QED) is 0.272. The van der Waals surface area contributed by atoms with Gasteiger partial charge in [0.2, 0.25) is 11.8 Å². The van der Waals surface area contributed by atoms with Gasteiger partial charge in [0, 0.05) is 12.1 Å². The van der Waals surface area contributed by atoms with Crippen molar-refractivity contribution in [1.29, 1.82) is 0 Å². The lowest BCUT2D eigenvalue weighted by molar-refractivity contribution is -0.129. The topological polar surface area (TPSA) is 109 Å². The first kappa shape index (κ1) is 22.6. The molecule has 3 aromatic rings. The van der Waals surface area contributed by atoms with Crippen LogP contribution in [0.25, 0.3) is 10.8 Å². The molecule has 0 saturated heterocycles. The predicted molar refractivity (Wildman–Crippen MR) is 122 cm³/mol. The van der Waals surface area contributed by atoms with E-state index in [4.69, 9.17) is 9.47 Å². The number of amides is 2. The second-order valence-corrected chi connectivity index (χ2v) is 6.98. The Morgan fingerprint density at radius 2 is 1.78 bits per heavy atom. The zero-order valence-electron chi connectivity index (χ0n) is 17.9. The first-order chi connectivity index (χ1) is 15.5. The highest BCUT2D eigenvalue weighted by molar-refractivity contribution is 6.03. The summed E-state index contributed by atoms with van der Waals surface area (Å²) < 4.78 is 10.5. The number of benzene rings is 3. The fourth-order valence-electron chi connectivity index (χ4n) is 3.22. The van der Waals surface area contributed by atoms with Gasteiger partial charge >= 0.3 is 0 Å². The normalized spacial score (nSPS) is 10.8. The summed E-state index contributed by atoms with van der Waals surface area (Å²) in [4.78, 5) is 24.0. The van der Waals surface area contributed by atoms with Crippen LogP contribution in [0.1, 0.15) is 17.5 Å². The summed E-state index contributed by atoms with van der Waals surface area (Å²) in [5.74, 6) is 0.338. The summed E-state index contributed by atoms with van der Waals surface area (Å²) >= 11 is 0. The Hall–Kier alpha value is -4.07. The number of nitrogens with zero attached hydrogens (tertiary/aromatic N) is 1. The van der Waals surface area contributed by atoms with Crippen LogP contribution in [0, 0.1) is 0 Å². The van der Waals surface area contributed by atoms with E-state index >= 15 is 0 Å². The summed E-state index contributed by atoms with van der Waals surface area (Å²) in [7, 11) is 3.13. The molecule has 0 radical (unpaired) electrons. The fraction of sp³-hybridized carbons (Fsp3) is 0.208. The van der Waals surface area contributed by atoms with Crippen LogP contribution in [0.4, 0.5) is 0 Å². The summed E-state index contributed by atoms with van der Waals surface area (Å²) in [5.41, 5.74) is 3.77. The molecule has 0 aromatic heterocycles. The highest BCUT2D eigenvalue weighted by Crippen LogP contribution is 2.27. The van der Waals surface area contributed by atoms with Crippen molar-refractivity contribution in [1.82, 2.24) is 10.7 Å². The second-order valence-electron chi connectivity index (χ2n) is 6.98. The van der Waals surface area contributed by atoms with E-state index in [2.05, 4.69) is 15.8 Å². The molecule has 8 nitrogen and oxygen atoms in total. The van der Waals surface area contributed by atoms with Gasteiger partial charge in [-0.15, -0.1) is 0 Å². The van der Waals surface area contributed by atoms with E-state index in [0.717, 1.165) is 16.3 Å². The Labute approximate surface area is 185 Å². The van der Waals surface area contributed by atoms with Gasteiger partial charge in [-0.2, -0.15) is 5.10 Å². The highest BCUT2D eigenvalue weighted by Gasteiger charge is 2.10. The molecule has 0 atom stereocenters. The lowest BCUT2D eigenvalue weighted by atomic mass is 10.0. The maximum atomic E-state index is 12.0. The summed E-state index contributed by atoms with van der Waals surface area (Å²) in [6.45, 7) is 0.370. The van der Waals surface area contributed by atoms with Crippen LogP contribution in [0.2, 0.25) is 0 Å². The third kappa shape index (κ3) is 5.75. The maximum absolute atomic E-state index is 12.0. The number of rotatable bonds is 9. The first-order valence-electron chi connectivity index (χ1n) is 10.0. The number of hydrogen-bond donors (Lipinski definition) is 3. The van der Waals surface area contributed by atoms with Crippen molar-refractivity contribution in [2.75, 3.05) is 20.8 Å². The monoisotopic (exact) mass is 435 g/mol. The number of phenolic OH excluding ortho intramolecular Hbond substituents is 1. The predicted octanol–water partition coefficient (Wildman–Crippen LogP) is 2.76. The summed E-state index contributed by atoms with van der Waals surface area (Å²) in [5, 5.41) is 18.4. The van der Waals surface area contributed by atoms with E-state index in [1.54, 1.807) is 32.4 Å². The number of carbonyl (C=O) groups is 2. The van der Waals surface area contributed by atoms with Gasteiger partial charge in [0.05, 0.1) is 20.4 Å². The Morgan fingerprint density at radius 3 is 2.56 bits per heavy atom. The first-order valence-corrected chi connectivity index (χ1v) is 10.0. The fourth-order valence-corrected chi connectivity index (χ4v) is 3.22. The summed E-state index contributed by atoms with van der Waals surface area (Å²) in [6.07, 6.45) is 1.58. The molecule has 166 valence electrons. The molecule has 32 heavy (non-hydrogen) atoms. The average Bonchev–Trinajstić information content (AvgIpc) is 2.80. The molecule has 0 heterocycles. The van der Waals surface area contributed by atoms with Gasteiger partial charge in [0.1, 0.15) is 12.2 Å². The number of phenols is 1. The van der Waals surface area contributed by atoms with Crippen LogP contribution in [-0.2, 0) is 16.0 Å². The Bertz CT molecular complexity index is 1140. The number of fused-ring (bicyclic) bond motifs is 1.